The molecule has 50 heavy (non-hydrogen) atoms. The lowest BCUT2D eigenvalue weighted by Gasteiger charge is -2.15. The lowest BCUT2D eigenvalue weighted by molar-refractivity contribution is 1.18. The van der Waals surface area contributed by atoms with E-state index in [-0.39, 0.29) is 0 Å². The smallest absolute Gasteiger partial charge is 0.0722 e. The van der Waals surface area contributed by atoms with Gasteiger partial charge in [-0.2, -0.15) is 0 Å². The van der Waals surface area contributed by atoms with Crippen LogP contribution in [-0.2, 0) is 0 Å². The Kier molecular flexibility index (Phi) is 6.71. The first-order chi connectivity index (χ1) is 24.8. The molecule has 3 heteroatoms. The molecule has 10 rings (SSSR count). The molecule has 0 aliphatic heterocycles. The number of hydrogen-bond donors (Lipinski definition) is 0. The van der Waals surface area contributed by atoms with Crippen LogP contribution in [-0.4, -0.2) is 9.55 Å². The first-order valence-electron chi connectivity index (χ1n) is 17.0. The molecule has 234 valence electrons. The summed E-state index contributed by atoms with van der Waals surface area (Å²) in [5.41, 5.74) is 12.4. The normalized spacial score (nSPS) is 11.6. The molecular weight excluding hydrogens is 625 g/mol. The number of aromatic nitrogens is 2. The molecule has 10 aromatic rings. The predicted molar refractivity (Wildman–Crippen MR) is 213 cm³/mol. The van der Waals surface area contributed by atoms with Crippen LogP contribution in [0.15, 0.2) is 182 Å². The number of thiophene rings is 1. The minimum atomic E-state index is 0.950. The van der Waals surface area contributed by atoms with E-state index in [1.807, 2.05) is 11.3 Å². The maximum atomic E-state index is 5.47. The molecule has 0 amide bonds. The average Bonchev–Trinajstić information content (AvgIpc) is 3.75. The van der Waals surface area contributed by atoms with Crippen molar-refractivity contribution < 1.29 is 0 Å². The number of hydrogen-bond acceptors (Lipinski definition) is 2. The average molecular weight is 655 g/mol. The van der Waals surface area contributed by atoms with Crippen molar-refractivity contribution in [2.24, 2.45) is 0 Å². The van der Waals surface area contributed by atoms with Crippen LogP contribution < -0.4 is 0 Å². The molecule has 0 saturated carbocycles. The summed E-state index contributed by atoms with van der Waals surface area (Å²) in [5.74, 6) is 0. The summed E-state index contributed by atoms with van der Waals surface area (Å²) in [6.45, 7) is 0. The molecule has 0 aliphatic rings. The Balaban J connectivity index is 1.28. The number of benzene rings is 7. The van der Waals surface area contributed by atoms with Crippen LogP contribution in [0.5, 0.6) is 0 Å². The Morgan fingerprint density at radius 2 is 1.02 bits per heavy atom. The van der Waals surface area contributed by atoms with Crippen LogP contribution in [0.3, 0.4) is 0 Å². The molecule has 0 aliphatic carbocycles. The van der Waals surface area contributed by atoms with Crippen LogP contribution in [0.1, 0.15) is 0 Å². The molecule has 0 fully saturated rings. The summed E-state index contributed by atoms with van der Waals surface area (Å²) in [4.78, 5) is 5.47. The van der Waals surface area contributed by atoms with Crippen LogP contribution in [0.25, 0.3) is 92.4 Å². The summed E-state index contributed by atoms with van der Waals surface area (Å²) in [6.07, 6.45) is 0. The molecule has 0 N–H and O–H groups in total. The molecule has 0 radical (unpaired) electrons. The van der Waals surface area contributed by atoms with E-state index in [1.54, 1.807) is 0 Å². The Morgan fingerprint density at radius 1 is 0.400 bits per heavy atom. The summed E-state index contributed by atoms with van der Waals surface area (Å²) >= 11 is 1.84. The number of fused-ring (bicyclic) bond motifs is 6. The fourth-order valence-electron chi connectivity index (χ4n) is 7.55. The SMILES string of the molecule is c1ccc(-c2cccc(-c3cc(-c4cccc5c6ccccc6n(-c6ccccc6)c45)cc(-c4cccc5sc6ccccc6c45)n3)c2)cc1. The van der Waals surface area contributed by atoms with Crippen LogP contribution in [0, 0.1) is 0 Å². The minimum Gasteiger partial charge on any atom is -0.309 e. The van der Waals surface area contributed by atoms with Gasteiger partial charge in [0.05, 0.1) is 22.4 Å². The first-order valence-corrected chi connectivity index (χ1v) is 17.8. The van der Waals surface area contributed by atoms with Gasteiger partial charge in [-0.25, -0.2) is 4.98 Å². The van der Waals surface area contributed by atoms with Crippen molar-refractivity contribution in [3.63, 3.8) is 0 Å². The number of nitrogens with zero attached hydrogens (tertiary/aromatic N) is 2. The van der Waals surface area contributed by atoms with Gasteiger partial charge in [-0.05, 0) is 65.2 Å². The van der Waals surface area contributed by atoms with Gasteiger partial charge in [-0.1, -0.05) is 133 Å². The topological polar surface area (TPSA) is 17.8 Å². The molecular formula is C47H30N2S. The largest absolute Gasteiger partial charge is 0.309 e. The molecule has 0 saturated heterocycles. The maximum Gasteiger partial charge on any atom is 0.0722 e. The third-order valence-electron chi connectivity index (χ3n) is 9.79. The minimum absolute atomic E-state index is 0.950. The van der Waals surface area contributed by atoms with Crippen LogP contribution in [0.2, 0.25) is 0 Å². The molecule has 3 heterocycles. The van der Waals surface area contributed by atoms with E-state index in [1.165, 1.54) is 58.7 Å². The molecule has 0 bridgehead atoms. The molecule has 2 nitrogen and oxygen atoms in total. The van der Waals surface area contributed by atoms with Crippen molar-refractivity contribution in [2.45, 2.75) is 0 Å². The van der Waals surface area contributed by atoms with Crippen LogP contribution in [0.4, 0.5) is 0 Å². The van der Waals surface area contributed by atoms with E-state index >= 15 is 0 Å². The molecule has 7 aromatic carbocycles. The van der Waals surface area contributed by atoms with Gasteiger partial charge >= 0.3 is 0 Å². The second-order valence-corrected chi connectivity index (χ2v) is 13.8. The Morgan fingerprint density at radius 3 is 1.90 bits per heavy atom. The lowest BCUT2D eigenvalue weighted by Crippen LogP contribution is -1.96. The van der Waals surface area contributed by atoms with Crippen LogP contribution >= 0.6 is 11.3 Å². The second-order valence-electron chi connectivity index (χ2n) is 12.7. The Bertz CT molecular complexity index is 2860. The monoisotopic (exact) mass is 654 g/mol. The summed E-state index contributed by atoms with van der Waals surface area (Å²) in [7, 11) is 0. The number of para-hydroxylation sites is 3. The highest BCUT2D eigenvalue weighted by Gasteiger charge is 2.19. The zero-order valence-electron chi connectivity index (χ0n) is 27.1. The lowest BCUT2D eigenvalue weighted by atomic mass is 9.95. The van der Waals surface area contributed by atoms with Gasteiger partial charge in [0.25, 0.3) is 0 Å². The third-order valence-corrected chi connectivity index (χ3v) is 10.9. The highest BCUT2D eigenvalue weighted by Crippen LogP contribution is 2.43. The Labute approximate surface area is 294 Å². The highest BCUT2D eigenvalue weighted by atomic mass is 32.1. The Hall–Kier alpha value is -6.29. The second kappa shape index (κ2) is 11.7. The molecule has 0 unspecified atom stereocenters. The van der Waals surface area contributed by atoms with Gasteiger partial charge in [0.1, 0.15) is 0 Å². The van der Waals surface area contributed by atoms with Crippen molar-refractivity contribution >= 4 is 53.3 Å². The van der Waals surface area contributed by atoms with E-state index in [4.69, 9.17) is 4.98 Å². The van der Waals surface area contributed by atoms with Crippen molar-refractivity contribution in [1.82, 2.24) is 9.55 Å². The summed E-state index contributed by atoms with van der Waals surface area (Å²) < 4.78 is 4.98. The molecule has 0 spiro atoms. The van der Waals surface area contributed by atoms with Crippen molar-refractivity contribution in [1.29, 1.82) is 0 Å². The number of pyridine rings is 1. The van der Waals surface area contributed by atoms with Gasteiger partial charge in [0.15, 0.2) is 0 Å². The maximum absolute atomic E-state index is 5.47. The quantitative estimate of drug-likeness (QED) is 0.181. The standard InChI is InChI=1S/C47H30N2S/c1-3-14-31(15-4-1)32-16-11-17-33(28-32)41-29-34(30-42(48-41)39-24-13-27-45-46(39)40-21-8-10-26-44(40)50-45)36-22-12-23-38-37-20-7-9-25-43(37)49(47(36)38)35-18-5-2-6-19-35/h1-30H. The van der Waals surface area contributed by atoms with Crippen molar-refractivity contribution in [3.8, 4) is 50.5 Å². The van der Waals surface area contributed by atoms with Gasteiger partial charge in [0, 0.05) is 53.3 Å². The van der Waals surface area contributed by atoms with Crippen molar-refractivity contribution in [3.05, 3.63) is 182 Å². The van der Waals surface area contributed by atoms with E-state index in [0.29, 0.717) is 0 Å². The van der Waals surface area contributed by atoms with Gasteiger partial charge in [0.2, 0.25) is 0 Å². The van der Waals surface area contributed by atoms with Crippen molar-refractivity contribution in [2.75, 3.05) is 0 Å². The highest BCUT2D eigenvalue weighted by molar-refractivity contribution is 7.25. The predicted octanol–water partition coefficient (Wildman–Crippen LogP) is 13.2. The molecule has 0 atom stereocenters. The van der Waals surface area contributed by atoms with Gasteiger partial charge in [-0.15, -0.1) is 11.3 Å². The third kappa shape index (κ3) is 4.67. The van der Waals surface area contributed by atoms with E-state index in [2.05, 4.69) is 187 Å². The fraction of sp³-hybridized carbons (Fsp3) is 0. The zero-order valence-corrected chi connectivity index (χ0v) is 27.9. The summed E-state index contributed by atoms with van der Waals surface area (Å²) in [5, 5.41) is 5.01. The fourth-order valence-corrected chi connectivity index (χ4v) is 8.68. The molecule has 3 aromatic heterocycles. The van der Waals surface area contributed by atoms with E-state index in [9.17, 15) is 0 Å². The number of rotatable bonds is 5. The van der Waals surface area contributed by atoms with E-state index in [0.717, 1.165) is 33.8 Å². The van der Waals surface area contributed by atoms with E-state index < -0.39 is 0 Å². The first kappa shape index (κ1) is 28.7. The summed E-state index contributed by atoms with van der Waals surface area (Å²) in [6, 6.07) is 65.5. The van der Waals surface area contributed by atoms with Gasteiger partial charge < -0.3 is 4.57 Å². The zero-order chi connectivity index (χ0) is 33.0. The van der Waals surface area contributed by atoms with Gasteiger partial charge in [-0.3, -0.25) is 0 Å².